The summed E-state index contributed by atoms with van der Waals surface area (Å²) >= 11 is 1.60. The van der Waals surface area contributed by atoms with E-state index in [1.807, 2.05) is 42.8 Å². The third-order valence-corrected chi connectivity index (χ3v) is 5.38. The van der Waals surface area contributed by atoms with E-state index in [2.05, 4.69) is 21.5 Å². The van der Waals surface area contributed by atoms with Gasteiger partial charge >= 0.3 is 0 Å². The van der Waals surface area contributed by atoms with Crippen LogP contribution < -0.4 is 5.32 Å². The zero-order valence-corrected chi connectivity index (χ0v) is 15.8. The number of nitrogens with zero attached hydrogens (tertiary/aromatic N) is 4. The van der Waals surface area contributed by atoms with Gasteiger partial charge in [0.25, 0.3) is 0 Å². The van der Waals surface area contributed by atoms with Crippen LogP contribution in [0.15, 0.2) is 24.3 Å². The monoisotopic (exact) mass is 367 g/mol. The number of nitriles is 1. The Labute approximate surface area is 156 Å². The number of para-hydroxylation sites is 1. The van der Waals surface area contributed by atoms with Crippen molar-refractivity contribution in [1.82, 2.24) is 20.1 Å². The van der Waals surface area contributed by atoms with E-state index in [0.29, 0.717) is 32.4 Å². The van der Waals surface area contributed by atoms with E-state index in [4.69, 9.17) is 5.26 Å². The Morgan fingerprint density at radius 1 is 1.35 bits per heavy atom. The second-order valence-corrected chi connectivity index (χ2v) is 7.25. The molecular weight excluding hydrogens is 346 g/mol. The maximum Gasteiger partial charge on any atom is 0.220 e. The van der Waals surface area contributed by atoms with Gasteiger partial charge in [-0.3, -0.25) is 9.48 Å². The highest BCUT2D eigenvalue weighted by molar-refractivity contribution is 7.18. The predicted octanol–water partition coefficient (Wildman–Crippen LogP) is 3.27. The summed E-state index contributed by atoms with van der Waals surface area (Å²) in [5.41, 5.74) is 4.03. The Bertz CT molecular complexity index is 933. The quantitative estimate of drug-likeness (QED) is 0.695. The second-order valence-electron chi connectivity index (χ2n) is 6.13. The van der Waals surface area contributed by atoms with Crippen LogP contribution in [0.5, 0.6) is 0 Å². The van der Waals surface area contributed by atoms with Crippen molar-refractivity contribution in [2.45, 2.75) is 46.2 Å². The van der Waals surface area contributed by atoms with E-state index in [1.165, 1.54) is 0 Å². The highest BCUT2D eigenvalue weighted by Crippen LogP contribution is 2.21. The van der Waals surface area contributed by atoms with E-state index < -0.39 is 0 Å². The molecule has 2 heterocycles. The zero-order chi connectivity index (χ0) is 18.5. The number of carbonyl (C=O) groups is 1. The molecule has 2 aromatic heterocycles. The van der Waals surface area contributed by atoms with Crippen LogP contribution in [0, 0.1) is 25.2 Å². The Balaban J connectivity index is 1.54. The van der Waals surface area contributed by atoms with Crippen LogP contribution in [-0.4, -0.2) is 20.7 Å². The van der Waals surface area contributed by atoms with Gasteiger partial charge in [-0.1, -0.05) is 12.1 Å². The van der Waals surface area contributed by atoms with Gasteiger partial charge in [0, 0.05) is 12.1 Å². The Kier molecular flexibility index (Phi) is 5.64. The molecule has 3 aromatic rings. The summed E-state index contributed by atoms with van der Waals surface area (Å²) in [5, 5.41) is 17.1. The van der Waals surface area contributed by atoms with Crippen LogP contribution in [-0.2, 0) is 24.3 Å². The van der Waals surface area contributed by atoms with Crippen LogP contribution in [0.2, 0.25) is 0 Å². The molecule has 0 spiro atoms. The van der Waals surface area contributed by atoms with Crippen molar-refractivity contribution in [2.24, 2.45) is 0 Å². The van der Waals surface area contributed by atoms with Crippen molar-refractivity contribution in [3.8, 4) is 6.07 Å². The molecule has 0 saturated heterocycles. The predicted molar refractivity (Wildman–Crippen MR) is 102 cm³/mol. The van der Waals surface area contributed by atoms with Crippen molar-refractivity contribution in [3.63, 3.8) is 0 Å². The molecule has 0 bridgehead atoms. The fourth-order valence-corrected chi connectivity index (χ4v) is 3.87. The summed E-state index contributed by atoms with van der Waals surface area (Å²) in [7, 11) is 0. The van der Waals surface area contributed by atoms with Gasteiger partial charge in [0.1, 0.15) is 5.01 Å². The zero-order valence-electron chi connectivity index (χ0n) is 15.0. The molecular formula is C19H21N5OS. The minimum absolute atomic E-state index is 0.00725. The van der Waals surface area contributed by atoms with Crippen molar-refractivity contribution in [1.29, 1.82) is 5.26 Å². The van der Waals surface area contributed by atoms with Gasteiger partial charge in [0.2, 0.25) is 5.91 Å². The molecule has 26 heavy (non-hydrogen) atoms. The van der Waals surface area contributed by atoms with E-state index in [0.717, 1.165) is 32.2 Å². The van der Waals surface area contributed by atoms with E-state index in [9.17, 15) is 4.79 Å². The van der Waals surface area contributed by atoms with Crippen molar-refractivity contribution >= 4 is 27.5 Å². The van der Waals surface area contributed by atoms with Crippen LogP contribution >= 0.6 is 11.3 Å². The first kappa shape index (κ1) is 18.1. The van der Waals surface area contributed by atoms with Gasteiger partial charge in [0.05, 0.1) is 41.5 Å². The maximum atomic E-state index is 12.2. The molecule has 0 atom stereocenters. The average Bonchev–Trinajstić information content (AvgIpc) is 3.17. The van der Waals surface area contributed by atoms with Crippen LogP contribution in [0.4, 0.5) is 0 Å². The second kappa shape index (κ2) is 8.11. The number of hydrogen-bond donors (Lipinski definition) is 1. The summed E-state index contributed by atoms with van der Waals surface area (Å²) in [6, 6.07) is 10.1. The Hall–Kier alpha value is -2.72. The van der Waals surface area contributed by atoms with Gasteiger partial charge in [-0.05, 0) is 38.0 Å². The van der Waals surface area contributed by atoms with Crippen molar-refractivity contribution in [2.75, 3.05) is 0 Å². The van der Waals surface area contributed by atoms with E-state index in [1.54, 1.807) is 11.3 Å². The van der Waals surface area contributed by atoms with Crippen molar-refractivity contribution < 1.29 is 4.79 Å². The number of aryl methyl sites for hydroxylation is 2. The molecule has 0 unspecified atom stereocenters. The number of carbonyl (C=O) groups excluding carboxylic acids is 1. The number of fused-ring (bicyclic) bond motifs is 1. The molecule has 1 N–H and O–H groups in total. The summed E-state index contributed by atoms with van der Waals surface area (Å²) in [6.45, 7) is 4.99. The highest BCUT2D eigenvalue weighted by atomic mass is 32.1. The molecule has 0 fully saturated rings. The molecule has 7 heteroatoms. The lowest BCUT2D eigenvalue weighted by Gasteiger charge is -2.05. The first-order valence-electron chi connectivity index (χ1n) is 8.59. The average molecular weight is 367 g/mol. The smallest absolute Gasteiger partial charge is 0.220 e. The highest BCUT2D eigenvalue weighted by Gasteiger charge is 2.13. The Morgan fingerprint density at radius 3 is 2.92 bits per heavy atom. The number of nitrogens with one attached hydrogen (secondary N) is 1. The summed E-state index contributed by atoms with van der Waals surface area (Å²) < 4.78 is 2.99. The fourth-order valence-electron chi connectivity index (χ4n) is 2.97. The summed E-state index contributed by atoms with van der Waals surface area (Å²) in [5.74, 6) is 0.00725. The van der Waals surface area contributed by atoms with E-state index in [-0.39, 0.29) is 5.91 Å². The van der Waals surface area contributed by atoms with Crippen molar-refractivity contribution in [3.05, 3.63) is 46.2 Å². The SMILES string of the molecule is Cc1nn(CCC#N)c(C)c1CCC(=O)NCc1nc2ccccc2s1. The molecule has 134 valence electrons. The standard InChI is InChI=1S/C19H21N5OS/c1-13-15(14(2)24(23-13)11-5-10-20)8-9-18(25)21-12-19-22-16-6-3-4-7-17(16)26-19/h3-4,6-7H,5,8-9,11-12H2,1-2H3,(H,21,25). The van der Waals surface area contributed by atoms with Gasteiger partial charge in [0.15, 0.2) is 0 Å². The van der Waals surface area contributed by atoms with Gasteiger partial charge < -0.3 is 5.32 Å². The molecule has 3 rings (SSSR count). The fraction of sp³-hybridized carbons (Fsp3) is 0.368. The molecule has 1 amide bonds. The maximum absolute atomic E-state index is 12.2. The van der Waals surface area contributed by atoms with Crippen LogP contribution in [0.1, 0.15) is 34.8 Å². The first-order chi connectivity index (χ1) is 12.6. The normalized spacial score (nSPS) is 10.8. The lowest BCUT2D eigenvalue weighted by atomic mass is 10.1. The molecule has 6 nitrogen and oxygen atoms in total. The van der Waals surface area contributed by atoms with Gasteiger partial charge in [-0.2, -0.15) is 10.4 Å². The molecule has 0 saturated carbocycles. The van der Waals surface area contributed by atoms with Gasteiger partial charge in [-0.15, -0.1) is 11.3 Å². The van der Waals surface area contributed by atoms with E-state index >= 15 is 0 Å². The topological polar surface area (TPSA) is 83.6 Å². The number of thiazole rings is 1. The first-order valence-corrected chi connectivity index (χ1v) is 9.41. The molecule has 0 aliphatic carbocycles. The Morgan fingerprint density at radius 2 is 2.15 bits per heavy atom. The summed E-state index contributed by atoms with van der Waals surface area (Å²) in [4.78, 5) is 16.7. The minimum Gasteiger partial charge on any atom is -0.350 e. The van der Waals surface area contributed by atoms with Crippen LogP contribution in [0.25, 0.3) is 10.2 Å². The largest absolute Gasteiger partial charge is 0.350 e. The van der Waals surface area contributed by atoms with Gasteiger partial charge in [-0.25, -0.2) is 4.98 Å². The molecule has 0 aliphatic rings. The van der Waals surface area contributed by atoms with Crippen LogP contribution in [0.3, 0.4) is 0 Å². The number of amides is 1. The summed E-state index contributed by atoms with van der Waals surface area (Å²) in [6.07, 6.45) is 1.50. The molecule has 1 aromatic carbocycles. The number of hydrogen-bond acceptors (Lipinski definition) is 5. The third kappa shape index (κ3) is 4.09. The third-order valence-electron chi connectivity index (χ3n) is 4.34. The minimum atomic E-state index is 0.00725. The number of benzene rings is 1. The number of aromatic nitrogens is 3. The lowest BCUT2D eigenvalue weighted by molar-refractivity contribution is -0.121. The molecule has 0 radical (unpaired) electrons. The molecule has 0 aliphatic heterocycles. The number of rotatable bonds is 7. The lowest BCUT2D eigenvalue weighted by Crippen LogP contribution is -2.23.